The Morgan fingerprint density at radius 3 is 2.04 bits per heavy atom. The van der Waals surface area contributed by atoms with Gasteiger partial charge in [-0.25, -0.2) is 0 Å². The minimum absolute atomic E-state index is 0.0101. The molecule has 0 aliphatic carbocycles. The van der Waals surface area contributed by atoms with Crippen LogP contribution in [0.5, 0.6) is 5.75 Å². The van der Waals surface area contributed by atoms with Crippen molar-refractivity contribution in [3.63, 3.8) is 0 Å². The largest absolute Gasteiger partial charge is 0.503 e. The van der Waals surface area contributed by atoms with Crippen molar-refractivity contribution in [2.75, 3.05) is 0 Å². The highest BCUT2D eigenvalue weighted by Gasteiger charge is 2.21. The Balaban J connectivity index is 0. The van der Waals surface area contributed by atoms with Crippen LogP contribution in [0.2, 0.25) is 0 Å². The number of hydrogen-bond donors (Lipinski definition) is 2. The fraction of sp³-hybridized carbons (Fsp3) is 0.471. The molecule has 0 bridgehead atoms. The lowest BCUT2D eigenvalue weighted by molar-refractivity contribution is -0.110. The highest BCUT2D eigenvalue weighted by Crippen LogP contribution is 2.16. The number of H-pyrrole nitrogens is 1. The van der Waals surface area contributed by atoms with Crippen molar-refractivity contribution in [3.05, 3.63) is 52.0 Å². The highest BCUT2D eigenvalue weighted by molar-refractivity contribution is 5.23. The zero-order chi connectivity index (χ0) is 21.0. The fourth-order valence-corrected chi connectivity index (χ4v) is 1.17. The molecule has 0 radical (unpaired) electrons. The molecule has 9 heteroatoms. The molecular weight excluding hydrogens is 364 g/mol. The van der Waals surface area contributed by atoms with Crippen molar-refractivity contribution in [2.24, 2.45) is 0 Å². The van der Waals surface area contributed by atoms with E-state index in [-0.39, 0.29) is 19.4 Å². The second kappa shape index (κ2) is 12.2. The van der Waals surface area contributed by atoms with Crippen LogP contribution in [0.25, 0.3) is 0 Å². The Labute approximate surface area is 148 Å². The van der Waals surface area contributed by atoms with Gasteiger partial charge in [0.2, 0.25) is 0 Å². The van der Waals surface area contributed by atoms with Gasteiger partial charge in [0.05, 0.1) is 0 Å². The number of halogens is 6. The van der Waals surface area contributed by atoms with Crippen LogP contribution in [0.3, 0.4) is 0 Å². The van der Waals surface area contributed by atoms with Crippen molar-refractivity contribution in [1.29, 1.82) is 0 Å². The van der Waals surface area contributed by atoms with Crippen LogP contribution in [0, 0.1) is 0 Å². The van der Waals surface area contributed by atoms with E-state index in [0.29, 0.717) is 5.56 Å². The third-order valence-corrected chi connectivity index (χ3v) is 2.65. The van der Waals surface area contributed by atoms with Crippen LogP contribution < -0.4 is 5.56 Å². The Kier molecular flexibility index (Phi) is 12.2. The first-order valence-corrected chi connectivity index (χ1v) is 7.53. The Bertz CT molecular complexity index is 621. The molecule has 0 atom stereocenters. The standard InChI is InChI=1S/C9H8F3NO2.C6H12.C2H3F3/c10-9(11,12)3-1-2-6-4-7(14)8(15)13-5-6;1-4-6(3)5-2;1-2(3,4)5/h1,3-5,14H,2H2,(H,13,15);4H,5H2,1-3H3;1H3/b3-1+;6-4+;. The van der Waals surface area contributed by atoms with E-state index in [9.17, 15) is 31.1 Å². The van der Waals surface area contributed by atoms with Gasteiger partial charge in [-0.2, -0.15) is 26.3 Å². The van der Waals surface area contributed by atoms with Gasteiger partial charge in [-0.05, 0) is 38.3 Å². The van der Waals surface area contributed by atoms with E-state index in [1.165, 1.54) is 18.2 Å². The van der Waals surface area contributed by atoms with E-state index >= 15 is 0 Å². The quantitative estimate of drug-likeness (QED) is 0.518. The summed E-state index contributed by atoms with van der Waals surface area (Å²) in [6, 6.07) is 1.12. The molecule has 0 unspecified atom stereocenters. The normalized spacial score (nSPS) is 12.2. The van der Waals surface area contributed by atoms with Crippen molar-refractivity contribution >= 4 is 0 Å². The average molecular weight is 387 g/mol. The number of rotatable bonds is 3. The minimum atomic E-state index is -4.34. The summed E-state index contributed by atoms with van der Waals surface area (Å²) in [5.74, 6) is -0.507. The summed E-state index contributed by atoms with van der Waals surface area (Å²) < 4.78 is 66.2. The predicted molar refractivity (Wildman–Crippen MR) is 89.1 cm³/mol. The van der Waals surface area contributed by atoms with Gasteiger partial charge in [-0.15, -0.1) is 0 Å². The van der Waals surface area contributed by atoms with Crippen molar-refractivity contribution in [3.8, 4) is 5.75 Å². The number of hydrogen-bond acceptors (Lipinski definition) is 2. The van der Waals surface area contributed by atoms with E-state index in [1.807, 2.05) is 0 Å². The maximum atomic E-state index is 11.7. The maximum absolute atomic E-state index is 11.7. The topological polar surface area (TPSA) is 53.1 Å². The van der Waals surface area contributed by atoms with Crippen LogP contribution in [0.4, 0.5) is 26.3 Å². The van der Waals surface area contributed by atoms with Gasteiger partial charge in [0.1, 0.15) is 0 Å². The second-order valence-electron chi connectivity index (χ2n) is 5.14. The molecule has 0 aliphatic heterocycles. The molecule has 0 amide bonds. The lowest BCUT2D eigenvalue weighted by Crippen LogP contribution is -2.05. The molecule has 1 heterocycles. The summed E-state index contributed by atoms with van der Waals surface area (Å²) in [7, 11) is 0. The number of aromatic hydroxyl groups is 1. The van der Waals surface area contributed by atoms with Gasteiger partial charge >= 0.3 is 12.4 Å². The number of aromatic nitrogens is 1. The molecule has 0 saturated carbocycles. The zero-order valence-corrected chi connectivity index (χ0v) is 14.9. The third-order valence-electron chi connectivity index (χ3n) is 2.65. The van der Waals surface area contributed by atoms with Crippen molar-refractivity contribution in [2.45, 2.75) is 52.9 Å². The van der Waals surface area contributed by atoms with Gasteiger partial charge < -0.3 is 10.1 Å². The molecule has 1 aromatic heterocycles. The first-order chi connectivity index (χ1) is 11.7. The number of pyridine rings is 1. The molecule has 1 aromatic rings. The molecule has 0 fully saturated rings. The number of nitrogens with one attached hydrogen (secondary N) is 1. The first-order valence-electron chi connectivity index (χ1n) is 7.53. The highest BCUT2D eigenvalue weighted by atomic mass is 19.4. The van der Waals surface area contributed by atoms with Crippen LogP contribution in [0.1, 0.15) is 39.7 Å². The monoisotopic (exact) mass is 387 g/mol. The molecule has 3 nitrogen and oxygen atoms in total. The van der Waals surface area contributed by atoms with Crippen LogP contribution in [-0.2, 0) is 6.42 Å². The van der Waals surface area contributed by atoms with Gasteiger partial charge in [-0.1, -0.05) is 24.6 Å². The summed E-state index contributed by atoms with van der Waals surface area (Å²) in [6.07, 6.45) is -2.75. The summed E-state index contributed by atoms with van der Waals surface area (Å²) in [6.45, 7) is 6.56. The van der Waals surface area contributed by atoms with Crippen molar-refractivity contribution in [1.82, 2.24) is 4.98 Å². The predicted octanol–water partition coefficient (Wildman–Crippen LogP) is 5.67. The van der Waals surface area contributed by atoms with E-state index in [1.54, 1.807) is 0 Å². The summed E-state index contributed by atoms with van der Waals surface area (Å²) in [5, 5.41) is 8.97. The molecule has 2 N–H and O–H groups in total. The number of aromatic amines is 1. The van der Waals surface area contributed by atoms with Crippen LogP contribution >= 0.6 is 0 Å². The van der Waals surface area contributed by atoms with E-state index in [2.05, 4.69) is 31.8 Å². The molecule has 0 aromatic carbocycles. The second-order valence-corrected chi connectivity index (χ2v) is 5.14. The minimum Gasteiger partial charge on any atom is -0.503 e. The van der Waals surface area contributed by atoms with Gasteiger partial charge in [-0.3, -0.25) is 4.79 Å². The molecule has 1 rings (SSSR count). The van der Waals surface area contributed by atoms with Gasteiger partial charge in [0.15, 0.2) is 5.75 Å². The van der Waals surface area contributed by atoms with E-state index in [0.717, 1.165) is 12.1 Å². The molecule has 150 valence electrons. The molecule has 26 heavy (non-hydrogen) atoms. The first kappa shape index (κ1) is 26.0. The third kappa shape index (κ3) is 19.9. The lowest BCUT2D eigenvalue weighted by Gasteiger charge is -1.99. The lowest BCUT2D eigenvalue weighted by atomic mass is 10.2. The SMILES string of the molecule is C/C=C(\C)CC.CC(F)(F)F.O=c1[nH]cc(C/C=C/C(F)(F)F)cc1O. The van der Waals surface area contributed by atoms with Crippen molar-refractivity contribution < 1.29 is 31.4 Å². The van der Waals surface area contributed by atoms with E-state index < -0.39 is 23.7 Å². The Morgan fingerprint density at radius 2 is 1.73 bits per heavy atom. The molecule has 0 saturated heterocycles. The van der Waals surface area contributed by atoms with Gasteiger partial charge in [0, 0.05) is 19.2 Å². The number of allylic oxidation sites excluding steroid dienone is 4. The fourth-order valence-electron chi connectivity index (χ4n) is 1.17. The molecule has 0 aliphatic rings. The van der Waals surface area contributed by atoms with E-state index in [4.69, 9.17) is 5.11 Å². The summed E-state index contributed by atoms with van der Waals surface area (Å²) >= 11 is 0. The number of alkyl halides is 6. The zero-order valence-electron chi connectivity index (χ0n) is 14.9. The smallest absolute Gasteiger partial charge is 0.409 e. The summed E-state index contributed by atoms with van der Waals surface area (Å²) in [5.41, 5.74) is 1.20. The molecule has 0 spiro atoms. The van der Waals surface area contributed by atoms with Crippen LogP contribution in [0.15, 0.2) is 40.9 Å². The van der Waals surface area contributed by atoms with Gasteiger partial charge in [0.25, 0.3) is 5.56 Å². The Hall–Kier alpha value is -2.19. The van der Waals surface area contributed by atoms with Crippen LogP contribution in [-0.4, -0.2) is 22.4 Å². The Morgan fingerprint density at radius 1 is 1.23 bits per heavy atom. The maximum Gasteiger partial charge on any atom is 0.409 e. The average Bonchev–Trinajstić information content (AvgIpc) is 2.48. The summed E-state index contributed by atoms with van der Waals surface area (Å²) in [4.78, 5) is 12.9. The molecular formula is C17H23F6NO2.